The Bertz CT molecular complexity index is 794. The summed E-state index contributed by atoms with van der Waals surface area (Å²) in [5, 5.41) is 0. The largest absolute Gasteiger partial charge is 0.465 e. The van der Waals surface area contributed by atoms with Crippen molar-refractivity contribution in [1.29, 1.82) is 0 Å². The van der Waals surface area contributed by atoms with Crippen LogP contribution in [0.2, 0.25) is 0 Å². The molecule has 0 unspecified atom stereocenters. The number of carbonyl (C=O) groups excluding carboxylic acids is 1. The molecule has 0 bridgehead atoms. The third-order valence-corrected chi connectivity index (χ3v) is 4.03. The molecule has 0 fully saturated rings. The third kappa shape index (κ3) is 2.52. The smallest absolute Gasteiger partial charge is 0.340 e. The Balaban J connectivity index is 2.10. The fourth-order valence-corrected chi connectivity index (χ4v) is 2.60. The van der Waals surface area contributed by atoms with Gasteiger partial charge >= 0.3 is 5.97 Å². The second-order valence-electron chi connectivity index (χ2n) is 4.51. The van der Waals surface area contributed by atoms with E-state index in [1.807, 2.05) is 30.5 Å². The molecule has 3 aromatic rings. The Morgan fingerprint density at radius 2 is 1.95 bits per heavy atom. The molecule has 0 aliphatic heterocycles. The molecule has 1 N–H and O–H groups in total. The van der Waals surface area contributed by atoms with E-state index >= 15 is 0 Å². The SMILES string of the molecule is COC(=O)c1cccc2[nH]c(-c3ccc(SC)cc3)nc12. The van der Waals surface area contributed by atoms with Crippen LogP contribution in [0.4, 0.5) is 0 Å². The molecule has 1 heterocycles. The Hall–Kier alpha value is -2.27. The van der Waals surface area contributed by atoms with Crippen LogP contribution in [0.5, 0.6) is 0 Å². The van der Waals surface area contributed by atoms with Crippen molar-refractivity contribution >= 4 is 28.8 Å². The molecule has 4 nitrogen and oxygen atoms in total. The number of nitrogens with one attached hydrogen (secondary N) is 1. The summed E-state index contributed by atoms with van der Waals surface area (Å²) in [4.78, 5) is 20.8. The van der Waals surface area contributed by atoms with Crippen molar-refractivity contribution in [2.24, 2.45) is 0 Å². The highest BCUT2D eigenvalue weighted by Gasteiger charge is 2.14. The number of hydrogen-bond acceptors (Lipinski definition) is 4. The minimum atomic E-state index is -0.378. The molecule has 5 heteroatoms. The fraction of sp³-hybridized carbons (Fsp3) is 0.125. The van der Waals surface area contributed by atoms with Gasteiger partial charge in [-0.15, -0.1) is 11.8 Å². The second-order valence-corrected chi connectivity index (χ2v) is 5.39. The molecular formula is C16H14N2O2S. The van der Waals surface area contributed by atoms with Crippen molar-refractivity contribution in [3.63, 3.8) is 0 Å². The summed E-state index contributed by atoms with van der Waals surface area (Å²) in [6, 6.07) is 13.6. The van der Waals surface area contributed by atoms with Crippen LogP contribution in [0.15, 0.2) is 47.4 Å². The van der Waals surface area contributed by atoms with E-state index in [-0.39, 0.29) is 5.97 Å². The molecule has 0 atom stereocenters. The topological polar surface area (TPSA) is 55.0 Å². The number of imidazole rings is 1. The van der Waals surface area contributed by atoms with Gasteiger partial charge in [0.25, 0.3) is 0 Å². The number of methoxy groups -OCH3 is 1. The number of benzene rings is 2. The molecule has 0 spiro atoms. The number of nitrogens with zero attached hydrogens (tertiary/aromatic N) is 1. The van der Waals surface area contributed by atoms with Gasteiger partial charge in [0.2, 0.25) is 0 Å². The number of rotatable bonds is 3. The maximum Gasteiger partial charge on any atom is 0.340 e. The van der Waals surface area contributed by atoms with Crippen molar-refractivity contribution in [1.82, 2.24) is 9.97 Å². The minimum absolute atomic E-state index is 0.378. The first kappa shape index (κ1) is 13.7. The van der Waals surface area contributed by atoms with E-state index < -0.39 is 0 Å². The molecule has 0 saturated heterocycles. The number of aromatic amines is 1. The number of aromatic nitrogens is 2. The number of H-pyrrole nitrogens is 1. The van der Waals surface area contributed by atoms with Gasteiger partial charge in [0.1, 0.15) is 11.3 Å². The van der Waals surface area contributed by atoms with Crippen LogP contribution in [0, 0.1) is 0 Å². The Morgan fingerprint density at radius 1 is 1.19 bits per heavy atom. The highest BCUT2D eigenvalue weighted by atomic mass is 32.2. The van der Waals surface area contributed by atoms with Crippen molar-refractivity contribution < 1.29 is 9.53 Å². The van der Waals surface area contributed by atoms with Crippen LogP contribution in [-0.2, 0) is 4.74 Å². The van der Waals surface area contributed by atoms with Crippen LogP contribution in [-0.4, -0.2) is 29.3 Å². The lowest BCUT2D eigenvalue weighted by Gasteiger charge is -1.99. The maximum atomic E-state index is 11.8. The highest BCUT2D eigenvalue weighted by molar-refractivity contribution is 7.98. The molecule has 21 heavy (non-hydrogen) atoms. The van der Waals surface area contributed by atoms with Crippen molar-refractivity contribution in [3.8, 4) is 11.4 Å². The zero-order chi connectivity index (χ0) is 14.8. The number of hydrogen-bond donors (Lipinski definition) is 1. The molecule has 1 aromatic heterocycles. The average molecular weight is 298 g/mol. The third-order valence-electron chi connectivity index (χ3n) is 3.28. The van der Waals surface area contributed by atoms with Crippen LogP contribution >= 0.6 is 11.8 Å². The molecule has 0 radical (unpaired) electrons. The predicted molar refractivity (Wildman–Crippen MR) is 84.7 cm³/mol. The van der Waals surface area contributed by atoms with Crippen LogP contribution in [0.25, 0.3) is 22.4 Å². The first-order valence-corrected chi connectivity index (χ1v) is 7.67. The monoisotopic (exact) mass is 298 g/mol. The quantitative estimate of drug-likeness (QED) is 0.591. The van der Waals surface area contributed by atoms with E-state index in [2.05, 4.69) is 22.1 Å². The fourth-order valence-electron chi connectivity index (χ4n) is 2.19. The maximum absolute atomic E-state index is 11.8. The van der Waals surface area contributed by atoms with Gasteiger partial charge in [0.15, 0.2) is 0 Å². The predicted octanol–water partition coefficient (Wildman–Crippen LogP) is 3.74. The van der Waals surface area contributed by atoms with Crippen molar-refractivity contribution in [2.75, 3.05) is 13.4 Å². The first-order valence-electron chi connectivity index (χ1n) is 6.44. The normalized spacial score (nSPS) is 10.8. The zero-order valence-corrected chi connectivity index (χ0v) is 12.5. The van der Waals surface area contributed by atoms with Crippen LogP contribution in [0.1, 0.15) is 10.4 Å². The summed E-state index contributed by atoms with van der Waals surface area (Å²) in [6.07, 6.45) is 2.04. The number of thioether (sulfide) groups is 1. The van der Waals surface area contributed by atoms with E-state index in [0.29, 0.717) is 11.1 Å². The Morgan fingerprint density at radius 3 is 2.62 bits per heavy atom. The second kappa shape index (κ2) is 5.61. The Kier molecular flexibility index (Phi) is 3.66. The standard InChI is InChI=1S/C16H14N2O2S/c1-20-16(19)12-4-3-5-13-14(12)18-15(17-13)10-6-8-11(21-2)9-7-10/h3-9H,1-2H3,(H,17,18). The van der Waals surface area contributed by atoms with Gasteiger partial charge < -0.3 is 9.72 Å². The van der Waals surface area contributed by atoms with E-state index in [1.165, 1.54) is 12.0 Å². The van der Waals surface area contributed by atoms with Crippen molar-refractivity contribution in [2.45, 2.75) is 4.90 Å². The zero-order valence-electron chi connectivity index (χ0n) is 11.7. The summed E-state index contributed by atoms with van der Waals surface area (Å²) < 4.78 is 4.79. The summed E-state index contributed by atoms with van der Waals surface area (Å²) >= 11 is 1.70. The molecular weight excluding hydrogens is 284 g/mol. The van der Waals surface area contributed by atoms with E-state index in [4.69, 9.17) is 4.74 Å². The molecule has 0 aliphatic carbocycles. The van der Waals surface area contributed by atoms with Crippen LogP contribution in [0.3, 0.4) is 0 Å². The number of para-hydroxylation sites is 1. The molecule has 3 rings (SSSR count). The lowest BCUT2D eigenvalue weighted by molar-refractivity contribution is 0.0603. The van der Waals surface area contributed by atoms with Gasteiger partial charge in [-0.1, -0.05) is 18.2 Å². The van der Waals surface area contributed by atoms with Gasteiger partial charge in [0, 0.05) is 10.5 Å². The Labute approximate surface area is 126 Å². The number of ether oxygens (including phenoxy) is 1. The van der Waals surface area contributed by atoms with E-state index in [9.17, 15) is 4.79 Å². The molecule has 106 valence electrons. The van der Waals surface area contributed by atoms with E-state index in [1.54, 1.807) is 17.8 Å². The summed E-state index contributed by atoms with van der Waals surface area (Å²) in [6.45, 7) is 0. The first-order chi connectivity index (χ1) is 10.2. The minimum Gasteiger partial charge on any atom is -0.465 e. The molecule has 2 aromatic carbocycles. The van der Waals surface area contributed by atoms with Gasteiger partial charge in [-0.25, -0.2) is 9.78 Å². The number of carbonyl (C=O) groups is 1. The summed E-state index contributed by atoms with van der Waals surface area (Å²) in [5.41, 5.74) is 2.91. The van der Waals surface area contributed by atoms with Gasteiger partial charge in [-0.05, 0) is 30.5 Å². The van der Waals surface area contributed by atoms with Gasteiger partial charge in [0.05, 0.1) is 18.2 Å². The summed E-state index contributed by atoms with van der Waals surface area (Å²) in [7, 11) is 1.37. The summed E-state index contributed by atoms with van der Waals surface area (Å²) in [5.74, 6) is 0.366. The lowest BCUT2D eigenvalue weighted by Crippen LogP contribution is -2.01. The molecule has 0 aliphatic rings. The number of esters is 1. The average Bonchev–Trinajstić information content (AvgIpc) is 2.98. The lowest BCUT2D eigenvalue weighted by atomic mass is 10.2. The molecule has 0 amide bonds. The highest BCUT2D eigenvalue weighted by Crippen LogP contribution is 2.25. The van der Waals surface area contributed by atoms with E-state index in [0.717, 1.165) is 16.9 Å². The van der Waals surface area contributed by atoms with Gasteiger partial charge in [-0.3, -0.25) is 0 Å². The van der Waals surface area contributed by atoms with Crippen molar-refractivity contribution in [3.05, 3.63) is 48.0 Å². The van der Waals surface area contributed by atoms with Crippen LogP contribution < -0.4 is 0 Å². The number of fused-ring (bicyclic) bond motifs is 1. The molecule has 0 saturated carbocycles. The van der Waals surface area contributed by atoms with Gasteiger partial charge in [-0.2, -0.15) is 0 Å².